The molecule has 234 valence electrons. The molecule has 0 fully saturated rings. The number of rotatable bonds is 30. The molecule has 0 amide bonds. The molecule has 0 saturated carbocycles. The van der Waals surface area contributed by atoms with Crippen LogP contribution in [0.3, 0.4) is 0 Å². The van der Waals surface area contributed by atoms with Crippen LogP contribution in [-0.2, 0) is 0 Å². The highest BCUT2D eigenvalue weighted by Gasteiger charge is 2.16. The highest BCUT2D eigenvalue weighted by atomic mass is 15.2. The molecule has 0 unspecified atom stereocenters. The summed E-state index contributed by atoms with van der Waals surface area (Å²) >= 11 is 0. The Hall–Kier alpha value is -1.18. The van der Waals surface area contributed by atoms with E-state index in [1.54, 1.807) is 0 Å². The second kappa shape index (κ2) is 28.0. The van der Waals surface area contributed by atoms with Crippen molar-refractivity contribution in [2.75, 3.05) is 36.0 Å². The number of unbranched alkanes of at least 4 members (excludes halogenated alkanes) is 20. The van der Waals surface area contributed by atoms with Crippen molar-refractivity contribution >= 4 is 11.4 Å². The Morgan fingerprint density at radius 1 is 0.325 bits per heavy atom. The van der Waals surface area contributed by atoms with Gasteiger partial charge in [0.15, 0.2) is 0 Å². The maximum atomic E-state index is 2.78. The van der Waals surface area contributed by atoms with Gasteiger partial charge in [-0.1, -0.05) is 168 Å². The van der Waals surface area contributed by atoms with E-state index >= 15 is 0 Å². The smallest absolute Gasteiger partial charge is 0.0604 e. The van der Waals surface area contributed by atoms with Gasteiger partial charge in [0.2, 0.25) is 0 Å². The van der Waals surface area contributed by atoms with E-state index in [1.807, 2.05) is 0 Å². The average molecular weight is 557 g/mol. The molecule has 2 nitrogen and oxygen atoms in total. The largest absolute Gasteiger partial charge is 0.370 e. The molecule has 0 atom stereocenters. The van der Waals surface area contributed by atoms with E-state index in [0.29, 0.717) is 0 Å². The van der Waals surface area contributed by atoms with Crippen molar-refractivity contribution in [3.63, 3.8) is 0 Å². The van der Waals surface area contributed by atoms with Gasteiger partial charge in [-0.2, -0.15) is 0 Å². The average Bonchev–Trinajstić information content (AvgIpc) is 2.98. The van der Waals surface area contributed by atoms with E-state index in [1.165, 1.54) is 192 Å². The van der Waals surface area contributed by atoms with Crippen molar-refractivity contribution in [1.82, 2.24) is 0 Å². The monoisotopic (exact) mass is 557 g/mol. The van der Waals surface area contributed by atoms with Gasteiger partial charge >= 0.3 is 0 Å². The van der Waals surface area contributed by atoms with Crippen LogP contribution in [0.2, 0.25) is 0 Å². The zero-order valence-corrected chi connectivity index (χ0v) is 28.0. The molecule has 0 aliphatic heterocycles. The molecule has 0 heterocycles. The number of hydrogen-bond acceptors (Lipinski definition) is 2. The second-order valence-electron chi connectivity index (χ2n) is 12.5. The molecule has 1 aromatic carbocycles. The number of benzene rings is 1. The summed E-state index contributed by atoms with van der Waals surface area (Å²) in [5.41, 5.74) is 3.03. The van der Waals surface area contributed by atoms with Crippen LogP contribution in [0.5, 0.6) is 0 Å². The van der Waals surface area contributed by atoms with Gasteiger partial charge < -0.3 is 9.80 Å². The van der Waals surface area contributed by atoms with Gasteiger partial charge in [-0.05, 0) is 37.8 Å². The quantitative estimate of drug-likeness (QED) is 0.0869. The van der Waals surface area contributed by atoms with Crippen molar-refractivity contribution in [3.8, 4) is 0 Å². The summed E-state index contributed by atoms with van der Waals surface area (Å²) in [7, 11) is 0. The third-order valence-corrected chi connectivity index (χ3v) is 8.69. The molecule has 0 radical (unpaired) electrons. The predicted octanol–water partition coefficient (Wildman–Crippen LogP) is 12.7. The van der Waals surface area contributed by atoms with E-state index in [4.69, 9.17) is 0 Å². The number of anilines is 2. The SMILES string of the molecule is CCCCCCCCN(CCCCCCCC)c1ccccc1N(CCCCCCCC)CCCCCCCC. The van der Waals surface area contributed by atoms with Gasteiger partial charge in [0.25, 0.3) is 0 Å². The van der Waals surface area contributed by atoms with Gasteiger partial charge in [0.1, 0.15) is 0 Å². The van der Waals surface area contributed by atoms with Crippen LogP contribution in [-0.4, -0.2) is 26.2 Å². The van der Waals surface area contributed by atoms with E-state index in [2.05, 4.69) is 61.8 Å². The zero-order valence-electron chi connectivity index (χ0n) is 28.0. The molecule has 2 heteroatoms. The highest BCUT2D eigenvalue weighted by molar-refractivity contribution is 5.71. The van der Waals surface area contributed by atoms with E-state index in [9.17, 15) is 0 Å². The second-order valence-corrected chi connectivity index (χ2v) is 12.5. The molecule has 1 rings (SSSR count). The van der Waals surface area contributed by atoms with Crippen LogP contribution in [0.4, 0.5) is 11.4 Å². The third-order valence-electron chi connectivity index (χ3n) is 8.69. The standard InChI is InChI=1S/C38H72N2/c1-5-9-13-17-21-27-33-39(34-28-22-18-14-10-6-2)37-31-25-26-32-38(37)40(35-29-23-19-15-11-7-3)36-30-24-20-16-12-8-4/h25-26,31-32H,5-24,27-30,33-36H2,1-4H3. The fourth-order valence-electron chi connectivity index (χ4n) is 6.04. The molecular weight excluding hydrogens is 484 g/mol. The molecule has 1 aromatic rings. The van der Waals surface area contributed by atoms with Crippen molar-refractivity contribution < 1.29 is 0 Å². The first-order valence-electron chi connectivity index (χ1n) is 18.4. The van der Waals surface area contributed by atoms with Crippen molar-refractivity contribution in [3.05, 3.63) is 24.3 Å². The maximum Gasteiger partial charge on any atom is 0.0604 e. The summed E-state index contributed by atoms with van der Waals surface area (Å²) in [4.78, 5) is 5.56. The lowest BCUT2D eigenvalue weighted by Crippen LogP contribution is -2.31. The highest BCUT2D eigenvalue weighted by Crippen LogP contribution is 2.31. The van der Waals surface area contributed by atoms with Crippen molar-refractivity contribution in [2.24, 2.45) is 0 Å². The Morgan fingerprint density at radius 3 is 0.800 bits per heavy atom. The van der Waals surface area contributed by atoms with Crippen LogP contribution in [0.1, 0.15) is 182 Å². The minimum Gasteiger partial charge on any atom is -0.370 e. The fourth-order valence-corrected chi connectivity index (χ4v) is 6.04. The molecule has 0 bridgehead atoms. The summed E-state index contributed by atoms with van der Waals surface area (Å²) in [6.45, 7) is 14.2. The topological polar surface area (TPSA) is 6.48 Å². The van der Waals surface area contributed by atoms with Crippen LogP contribution in [0, 0.1) is 0 Å². The number of para-hydroxylation sites is 2. The molecule has 0 saturated heterocycles. The van der Waals surface area contributed by atoms with Crippen LogP contribution in [0.15, 0.2) is 24.3 Å². The third kappa shape index (κ3) is 19.0. The van der Waals surface area contributed by atoms with Gasteiger partial charge in [0.05, 0.1) is 11.4 Å². The predicted molar refractivity (Wildman–Crippen MR) is 184 cm³/mol. The summed E-state index contributed by atoms with van der Waals surface area (Å²) in [5, 5.41) is 0. The minimum atomic E-state index is 1.22. The minimum absolute atomic E-state index is 1.22. The lowest BCUT2D eigenvalue weighted by molar-refractivity contribution is 0.569. The first kappa shape index (κ1) is 36.8. The van der Waals surface area contributed by atoms with Gasteiger partial charge in [0, 0.05) is 26.2 Å². The Bertz CT molecular complexity index is 555. The Balaban J connectivity index is 2.90. The fraction of sp³-hybridized carbons (Fsp3) is 0.842. The van der Waals surface area contributed by atoms with Crippen molar-refractivity contribution in [1.29, 1.82) is 0 Å². The van der Waals surface area contributed by atoms with Gasteiger partial charge in [-0.3, -0.25) is 0 Å². The van der Waals surface area contributed by atoms with Gasteiger partial charge in [-0.15, -0.1) is 0 Å². The Morgan fingerprint density at radius 2 is 0.550 bits per heavy atom. The number of nitrogens with zero attached hydrogens (tertiary/aromatic N) is 2. The zero-order chi connectivity index (χ0) is 28.9. The van der Waals surface area contributed by atoms with Crippen LogP contribution in [0.25, 0.3) is 0 Å². The first-order chi connectivity index (χ1) is 19.8. The Kier molecular flexibility index (Phi) is 25.8. The molecule has 0 aliphatic carbocycles. The van der Waals surface area contributed by atoms with Crippen LogP contribution < -0.4 is 9.80 Å². The summed E-state index contributed by atoms with van der Waals surface area (Å²) in [5.74, 6) is 0. The number of hydrogen-bond donors (Lipinski definition) is 0. The summed E-state index contributed by atoms with van der Waals surface area (Å²) in [6, 6.07) is 9.47. The molecule has 0 spiro atoms. The molecule has 0 aromatic heterocycles. The lowest BCUT2D eigenvalue weighted by Gasteiger charge is -2.33. The van der Waals surface area contributed by atoms with E-state index in [-0.39, 0.29) is 0 Å². The lowest BCUT2D eigenvalue weighted by atomic mass is 10.1. The summed E-state index contributed by atoms with van der Waals surface area (Å²) < 4.78 is 0. The van der Waals surface area contributed by atoms with Gasteiger partial charge in [-0.25, -0.2) is 0 Å². The van der Waals surface area contributed by atoms with Crippen molar-refractivity contribution in [2.45, 2.75) is 182 Å². The first-order valence-corrected chi connectivity index (χ1v) is 18.4. The maximum absolute atomic E-state index is 2.78. The molecule has 40 heavy (non-hydrogen) atoms. The van der Waals surface area contributed by atoms with E-state index < -0.39 is 0 Å². The molecular formula is C38H72N2. The van der Waals surface area contributed by atoms with E-state index in [0.717, 1.165) is 0 Å². The van der Waals surface area contributed by atoms with Crippen LogP contribution >= 0.6 is 0 Å². The normalized spacial score (nSPS) is 11.3. The Labute approximate surface area is 253 Å². The molecule has 0 N–H and O–H groups in total. The summed E-state index contributed by atoms with van der Waals surface area (Å²) in [6.07, 6.45) is 33.1. The molecule has 0 aliphatic rings.